The van der Waals surface area contributed by atoms with E-state index in [4.69, 9.17) is 4.74 Å². The van der Waals surface area contributed by atoms with Crippen molar-refractivity contribution < 1.29 is 9.53 Å². The third-order valence-corrected chi connectivity index (χ3v) is 6.32. The van der Waals surface area contributed by atoms with Gasteiger partial charge in [-0.25, -0.2) is 4.98 Å². The summed E-state index contributed by atoms with van der Waals surface area (Å²) in [4.78, 5) is 22.1. The summed E-state index contributed by atoms with van der Waals surface area (Å²) in [5.41, 5.74) is 2.39. The lowest BCUT2D eigenvalue weighted by atomic mass is 9.90. The van der Waals surface area contributed by atoms with E-state index in [1.165, 1.54) is 10.9 Å². The average molecular weight is 399 g/mol. The van der Waals surface area contributed by atoms with E-state index in [1.807, 2.05) is 23.7 Å². The van der Waals surface area contributed by atoms with Gasteiger partial charge in [-0.1, -0.05) is 0 Å². The topological polar surface area (TPSA) is 70.2 Å². The summed E-state index contributed by atoms with van der Waals surface area (Å²) >= 11 is 1.62. The molecule has 0 bridgehead atoms. The third kappa shape index (κ3) is 4.05. The Morgan fingerprint density at radius 2 is 2.39 bits per heavy atom. The lowest BCUT2D eigenvalue weighted by Gasteiger charge is -2.36. The molecule has 0 radical (unpaired) electrons. The normalized spacial score (nSPS) is 18.9. The number of aromatic nitrogens is 2. The molecular formula is C21H26N4O2S. The Balaban J connectivity index is 1.50. The number of ether oxygens (including phenoxy) is 1. The van der Waals surface area contributed by atoms with Crippen LogP contribution in [0.15, 0.2) is 36.0 Å². The van der Waals surface area contributed by atoms with Gasteiger partial charge in [0.15, 0.2) is 0 Å². The van der Waals surface area contributed by atoms with Gasteiger partial charge in [0.2, 0.25) is 5.91 Å². The molecule has 1 fully saturated rings. The van der Waals surface area contributed by atoms with Gasteiger partial charge in [0.1, 0.15) is 10.8 Å². The van der Waals surface area contributed by atoms with Gasteiger partial charge in [-0.05, 0) is 43.0 Å². The highest BCUT2D eigenvalue weighted by atomic mass is 32.1. The maximum Gasteiger partial charge on any atom is 0.217 e. The summed E-state index contributed by atoms with van der Waals surface area (Å²) in [5.74, 6) is 1.23. The minimum atomic E-state index is -0.00692. The van der Waals surface area contributed by atoms with E-state index in [2.05, 4.69) is 32.4 Å². The molecule has 2 unspecified atom stereocenters. The molecular weight excluding hydrogens is 372 g/mol. The molecule has 2 N–H and O–H groups in total. The monoisotopic (exact) mass is 398 g/mol. The number of carbonyl (C=O) groups excluding carboxylic acids is 1. The van der Waals surface area contributed by atoms with Gasteiger partial charge < -0.3 is 15.0 Å². The predicted molar refractivity (Wildman–Crippen MR) is 112 cm³/mol. The summed E-state index contributed by atoms with van der Waals surface area (Å²) < 4.78 is 5.32. The van der Waals surface area contributed by atoms with E-state index in [1.54, 1.807) is 25.4 Å². The number of methoxy groups -OCH3 is 1. The fourth-order valence-electron chi connectivity index (χ4n) is 4.16. The van der Waals surface area contributed by atoms with Gasteiger partial charge in [-0.15, -0.1) is 11.3 Å². The zero-order valence-electron chi connectivity index (χ0n) is 16.3. The Hall–Kier alpha value is -2.38. The van der Waals surface area contributed by atoms with Crippen LogP contribution in [-0.2, 0) is 11.3 Å². The summed E-state index contributed by atoms with van der Waals surface area (Å²) in [6, 6.07) is 6.16. The van der Waals surface area contributed by atoms with Crippen LogP contribution in [0.5, 0.6) is 5.75 Å². The van der Waals surface area contributed by atoms with E-state index in [0.29, 0.717) is 5.92 Å². The number of piperidine rings is 1. The smallest absolute Gasteiger partial charge is 0.217 e. The summed E-state index contributed by atoms with van der Waals surface area (Å²) in [6.45, 7) is 4.51. The highest BCUT2D eigenvalue weighted by Crippen LogP contribution is 2.32. The number of amides is 1. The van der Waals surface area contributed by atoms with Crippen LogP contribution in [0.1, 0.15) is 36.4 Å². The second-order valence-electron chi connectivity index (χ2n) is 7.41. The second kappa shape index (κ2) is 8.32. The van der Waals surface area contributed by atoms with Gasteiger partial charge >= 0.3 is 0 Å². The largest absolute Gasteiger partial charge is 0.497 e. The van der Waals surface area contributed by atoms with Crippen LogP contribution in [-0.4, -0.2) is 41.0 Å². The van der Waals surface area contributed by atoms with Crippen LogP contribution in [0.2, 0.25) is 0 Å². The van der Waals surface area contributed by atoms with Gasteiger partial charge in [0, 0.05) is 54.8 Å². The fraction of sp³-hybridized carbons (Fsp3) is 0.429. The Morgan fingerprint density at radius 3 is 3.14 bits per heavy atom. The number of nitrogens with zero attached hydrogens (tertiary/aromatic N) is 2. The summed E-state index contributed by atoms with van der Waals surface area (Å²) in [6.07, 6.45) is 6.14. The minimum absolute atomic E-state index is 0.00268. The van der Waals surface area contributed by atoms with Crippen molar-refractivity contribution in [1.29, 1.82) is 0 Å². The molecule has 1 saturated heterocycles. The zero-order valence-corrected chi connectivity index (χ0v) is 17.1. The van der Waals surface area contributed by atoms with Crippen LogP contribution in [0.25, 0.3) is 10.9 Å². The molecule has 0 spiro atoms. The number of fused-ring (bicyclic) bond motifs is 1. The first-order valence-electron chi connectivity index (χ1n) is 9.67. The molecule has 6 nitrogen and oxygen atoms in total. The van der Waals surface area contributed by atoms with Gasteiger partial charge in [-0.3, -0.25) is 9.69 Å². The average Bonchev–Trinajstić information content (AvgIpc) is 3.36. The number of H-pyrrole nitrogens is 1. The molecule has 0 saturated carbocycles. The Kier molecular flexibility index (Phi) is 5.64. The van der Waals surface area contributed by atoms with E-state index in [0.717, 1.165) is 48.7 Å². The highest BCUT2D eigenvalue weighted by Gasteiger charge is 2.30. The number of nitrogens with one attached hydrogen (secondary N) is 2. The standard InChI is InChI=1S/C21H26N4O2S/c1-14(26)24-20(21-22-7-9-28-21)15-4-3-8-25(12-15)13-16-11-23-19-10-17(27-2)5-6-18(16)19/h5-7,9-11,15,20,23H,3-4,8,12-13H2,1-2H3,(H,24,26). The minimum Gasteiger partial charge on any atom is -0.497 e. The van der Waals surface area contributed by atoms with Crippen molar-refractivity contribution in [2.45, 2.75) is 32.4 Å². The number of benzene rings is 1. The third-order valence-electron chi connectivity index (χ3n) is 5.46. The maximum absolute atomic E-state index is 11.8. The molecule has 0 aliphatic carbocycles. The molecule has 4 rings (SSSR count). The SMILES string of the molecule is COc1ccc2c(CN3CCCC(C(NC(C)=O)c4nccs4)C3)c[nH]c2c1. The molecule has 3 aromatic rings. The molecule has 1 amide bonds. The predicted octanol–water partition coefficient (Wildman–Crippen LogP) is 3.72. The van der Waals surface area contributed by atoms with Crippen molar-refractivity contribution in [1.82, 2.24) is 20.2 Å². The van der Waals surface area contributed by atoms with E-state index in [9.17, 15) is 4.79 Å². The summed E-state index contributed by atoms with van der Waals surface area (Å²) in [7, 11) is 1.69. The van der Waals surface area contributed by atoms with Crippen molar-refractivity contribution in [2.75, 3.05) is 20.2 Å². The Morgan fingerprint density at radius 1 is 1.50 bits per heavy atom. The molecule has 148 valence electrons. The molecule has 7 heteroatoms. The first-order valence-corrected chi connectivity index (χ1v) is 10.5. The first kappa shape index (κ1) is 19.0. The maximum atomic E-state index is 11.8. The Bertz CT molecular complexity index is 937. The first-order chi connectivity index (χ1) is 13.6. The second-order valence-corrected chi connectivity index (χ2v) is 8.34. The van der Waals surface area contributed by atoms with Crippen LogP contribution in [0.3, 0.4) is 0 Å². The number of carbonyl (C=O) groups is 1. The van der Waals surface area contributed by atoms with E-state index in [-0.39, 0.29) is 11.9 Å². The number of thiazole rings is 1. The van der Waals surface area contributed by atoms with Crippen molar-refractivity contribution in [2.24, 2.45) is 5.92 Å². The van der Waals surface area contributed by atoms with Gasteiger partial charge in [0.25, 0.3) is 0 Å². The van der Waals surface area contributed by atoms with Crippen LogP contribution in [0, 0.1) is 5.92 Å². The zero-order chi connectivity index (χ0) is 19.5. The van der Waals surface area contributed by atoms with Gasteiger partial charge in [0.05, 0.1) is 13.2 Å². The van der Waals surface area contributed by atoms with E-state index >= 15 is 0 Å². The molecule has 1 aromatic carbocycles. The van der Waals surface area contributed by atoms with Crippen molar-refractivity contribution in [3.8, 4) is 5.75 Å². The number of hydrogen-bond donors (Lipinski definition) is 2. The molecule has 2 aromatic heterocycles. The lowest BCUT2D eigenvalue weighted by molar-refractivity contribution is -0.120. The molecule has 1 aliphatic heterocycles. The highest BCUT2D eigenvalue weighted by molar-refractivity contribution is 7.09. The number of rotatable bonds is 6. The van der Waals surface area contributed by atoms with Crippen molar-refractivity contribution in [3.05, 3.63) is 46.5 Å². The Labute approximate surface area is 168 Å². The number of likely N-dealkylation sites (tertiary alicyclic amines) is 1. The molecule has 1 aliphatic rings. The van der Waals surface area contributed by atoms with Crippen molar-refractivity contribution >= 4 is 28.1 Å². The fourth-order valence-corrected chi connectivity index (χ4v) is 4.94. The molecule has 2 atom stereocenters. The number of hydrogen-bond acceptors (Lipinski definition) is 5. The van der Waals surface area contributed by atoms with Crippen LogP contribution < -0.4 is 10.1 Å². The lowest BCUT2D eigenvalue weighted by Crippen LogP contribution is -2.42. The quantitative estimate of drug-likeness (QED) is 0.664. The number of aromatic amines is 1. The molecule has 28 heavy (non-hydrogen) atoms. The van der Waals surface area contributed by atoms with Gasteiger partial charge in [-0.2, -0.15) is 0 Å². The van der Waals surface area contributed by atoms with Crippen LogP contribution >= 0.6 is 11.3 Å². The molecule has 3 heterocycles. The van der Waals surface area contributed by atoms with Crippen LogP contribution in [0.4, 0.5) is 0 Å². The summed E-state index contributed by atoms with van der Waals surface area (Å²) in [5, 5.41) is 7.35. The van der Waals surface area contributed by atoms with E-state index < -0.39 is 0 Å². The van der Waals surface area contributed by atoms with Crippen molar-refractivity contribution in [3.63, 3.8) is 0 Å².